The van der Waals surface area contributed by atoms with Crippen molar-refractivity contribution in [3.8, 4) is 33.8 Å². The molecule has 1 aromatic heterocycles. The zero-order chi connectivity index (χ0) is 15.1. The second-order valence-corrected chi connectivity index (χ2v) is 5.90. The SMILES string of the molecule is COc1ccc2sc(-c3ccc4c(c3)OCO4)c(C#N)c2c1. The fraction of sp³-hybridized carbons (Fsp3) is 0.118. The molecule has 0 radical (unpaired) electrons. The Morgan fingerprint density at radius 1 is 1.14 bits per heavy atom. The van der Waals surface area contributed by atoms with Gasteiger partial charge >= 0.3 is 0 Å². The fourth-order valence-corrected chi connectivity index (χ4v) is 3.69. The molecule has 22 heavy (non-hydrogen) atoms. The molecule has 0 saturated heterocycles. The maximum atomic E-state index is 9.58. The largest absolute Gasteiger partial charge is 0.497 e. The van der Waals surface area contributed by atoms with Crippen LogP contribution in [0, 0.1) is 11.3 Å². The third-order valence-electron chi connectivity index (χ3n) is 3.64. The minimum absolute atomic E-state index is 0.244. The number of hydrogen-bond acceptors (Lipinski definition) is 5. The van der Waals surface area contributed by atoms with Crippen LogP contribution in [0.15, 0.2) is 36.4 Å². The highest BCUT2D eigenvalue weighted by Gasteiger charge is 2.18. The molecule has 1 aliphatic heterocycles. The first-order valence-corrected chi connectivity index (χ1v) is 7.52. The molecule has 3 aromatic rings. The van der Waals surface area contributed by atoms with Crippen LogP contribution in [0.25, 0.3) is 20.5 Å². The number of benzene rings is 2. The van der Waals surface area contributed by atoms with Crippen molar-refractivity contribution in [3.05, 3.63) is 42.0 Å². The quantitative estimate of drug-likeness (QED) is 0.712. The summed E-state index contributed by atoms with van der Waals surface area (Å²) in [4.78, 5) is 0.934. The lowest BCUT2D eigenvalue weighted by molar-refractivity contribution is 0.174. The topological polar surface area (TPSA) is 51.5 Å². The molecule has 0 bridgehead atoms. The highest BCUT2D eigenvalue weighted by Crippen LogP contribution is 2.43. The van der Waals surface area contributed by atoms with Gasteiger partial charge in [-0.25, -0.2) is 0 Å². The molecule has 0 aliphatic carbocycles. The van der Waals surface area contributed by atoms with E-state index in [1.54, 1.807) is 18.4 Å². The molecule has 2 heterocycles. The molecular weight excluding hydrogens is 298 g/mol. The van der Waals surface area contributed by atoms with Crippen LogP contribution in [0.2, 0.25) is 0 Å². The van der Waals surface area contributed by atoms with Gasteiger partial charge in [0.05, 0.1) is 17.6 Å². The molecule has 0 saturated carbocycles. The lowest BCUT2D eigenvalue weighted by Gasteiger charge is -2.01. The summed E-state index contributed by atoms with van der Waals surface area (Å²) in [7, 11) is 1.62. The van der Waals surface area contributed by atoms with Crippen molar-refractivity contribution in [1.29, 1.82) is 5.26 Å². The van der Waals surface area contributed by atoms with E-state index in [0.29, 0.717) is 5.56 Å². The summed E-state index contributed by atoms with van der Waals surface area (Å²) in [6, 6.07) is 13.9. The number of methoxy groups -OCH3 is 1. The average molecular weight is 309 g/mol. The summed E-state index contributed by atoms with van der Waals surface area (Å²) in [6.07, 6.45) is 0. The Labute approximate surface area is 131 Å². The Hall–Kier alpha value is -2.71. The van der Waals surface area contributed by atoms with Crippen LogP contribution in [0.4, 0.5) is 0 Å². The molecule has 2 aromatic carbocycles. The van der Waals surface area contributed by atoms with Crippen molar-refractivity contribution >= 4 is 21.4 Å². The number of thiophene rings is 1. The van der Waals surface area contributed by atoms with Gasteiger partial charge in [-0.15, -0.1) is 11.3 Å². The van der Waals surface area contributed by atoms with Crippen LogP contribution in [0.5, 0.6) is 17.2 Å². The van der Waals surface area contributed by atoms with Crippen LogP contribution in [-0.2, 0) is 0 Å². The van der Waals surface area contributed by atoms with Gasteiger partial charge in [-0.2, -0.15) is 5.26 Å². The van der Waals surface area contributed by atoms with Crippen molar-refractivity contribution < 1.29 is 14.2 Å². The van der Waals surface area contributed by atoms with E-state index in [9.17, 15) is 5.26 Å². The Morgan fingerprint density at radius 2 is 2.00 bits per heavy atom. The number of ether oxygens (including phenoxy) is 3. The zero-order valence-electron chi connectivity index (χ0n) is 11.8. The molecule has 0 amide bonds. The summed E-state index contributed by atoms with van der Waals surface area (Å²) in [5.41, 5.74) is 1.62. The van der Waals surface area contributed by atoms with Gasteiger partial charge in [0.1, 0.15) is 11.8 Å². The van der Waals surface area contributed by atoms with E-state index >= 15 is 0 Å². The Balaban J connectivity index is 1.93. The maximum Gasteiger partial charge on any atom is 0.231 e. The van der Waals surface area contributed by atoms with Crippen molar-refractivity contribution in [1.82, 2.24) is 0 Å². The van der Waals surface area contributed by atoms with E-state index < -0.39 is 0 Å². The van der Waals surface area contributed by atoms with Gasteiger partial charge < -0.3 is 14.2 Å². The monoisotopic (exact) mass is 309 g/mol. The zero-order valence-corrected chi connectivity index (χ0v) is 12.6. The van der Waals surface area contributed by atoms with Crippen molar-refractivity contribution in [2.75, 3.05) is 13.9 Å². The van der Waals surface area contributed by atoms with E-state index in [1.165, 1.54) is 0 Å². The molecule has 0 N–H and O–H groups in total. The lowest BCUT2D eigenvalue weighted by Crippen LogP contribution is -1.92. The smallest absolute Gasteiger partial charge is 0.231 e. The van der Waals surface area contributed by atoms with Gasteiger partial charge in [0.25, 0.3) is 0 Å². The Bertz CT molecular complexity index is 924. The van der Waals surface area contributed by atoms with Gasteiger partial charge in [0, 0.05) is 10.1 Å². The van der Waals surface area contributed by atoms with Crippen LogP contribution < -0.4 is 14.2 Å². The summed E-state index contributed by atoms with van der Waals surface area (Å²) < 4.78 is 17.1. The molecule has 0 spiro atoms. The Morgan fingerprint density at radius 3 is 2.82 bits per heavy atom. The molecular formula is C17H11NO3S. The van der Waals surface area contributed by atoms with E-state index in [1.807, 2.05) is 36.4 Å². The number of hydrogen-bond donors (Lipinski definition) is 0. The van der Waals surface area contributed by atoms with Crippen LogP contribution in [-0.4, -0.2) is 13.9 Å². The van der Waals surface area contributed by atoms with E-state index in [2.05, 4.69) is 6.07 Å². The second kappa shape index (κ2) is 4.93. The number of rotatable bonds is 2. The van der Waals surface area contributed by atoms with E-state index in [4.69, 9.17) is 14.2 Å². The standard InChI is InChI=1S/C17H11NO3S/c1-19-11-3-5-16-12(7-11)13(8-18)17(22-16)10-2-4-14-15(6-10)21-9-20-14/h2-7H,9H2,1H3. The first-order chi connectivity index (χ1) is 10.8. The maximum absolute atomic E-state index is 9.58. The minimum Gasteiger partial charge on any atom is -0.497 e. The summed E-state index contributed by atoms with van der Waals surface area (Å²) >= 11 is 1.59. The molecule has 4 rings (SSSR count). The van der Waals surface area contributed by atoms with Crippen molar-refractivity contribution in [3.63, 3.8) is 0 Å². The lowest BCUT2D eigenvalue weighted by atomic mass is 10.1. The average Bonchev–Trinajstić information content (AvgIpc) is 3.16. The summed E-state index contributed by atoms with van der Waals surface area (Å²) in [5.74, 6) is 2.21. The predicted octanol–water partition coefficient (Wildman–Crippen LogP) is 4.18. The third kappa shape index (κ3) is 1.89. The molecule has 4 nitrogen and oxygen atoms in total. The second-order valence-electron chi connectivity index (χ2n) is 4.85. The van der Waals surface area contributed by atoms with E-state index in [0.717, 1.165) is 37.8 Å². The van der Waals surface area contributed by atoms with Gasteiger partial charge in [-0.3, -0.25) is 0 Å². The van der Waals surface area contributed by atoms with Crippen LogP contribution in [0.3, 0.4) is 0 Å². The highest BCUT2D eigenvalue weighted by atomic mass is 32.1. The molecule has 0 fully saturated rings. The molecule has 0 unspecified atom stereocenters. The third-order valence-corrected chi connectivity index (χ3v) is 4.86. The first-order valence-electron chi connectivity index (χ1n) is 6.71. The summed E-state index contributed by atoms with van der Waals surface area (Å²) in [6.45, 7) is 0.244. The number of fused-ring (bicyclic) bond motifs is 2. The van der Waals surface area contributed by atoms with E-state index in [-0.39, 0.29) is 6.79 Å². The van der Waals surface area contributed by atoms with Gasteiger partial charge in [0.2, 0.25) is 6.79 Å². The fourth-order valence-electron chi connectivity index (χ4n) is 2.56. The van der Waals surface area contributed by atoms with Crippen LogP contribution in [0.1, 0.15) is 5.56 Å². The highest BCUT2D eigenvalue weighted by molar-refractivity contribution is 7.22. The van der Waals surface area contributed by atoms with Crippen molar-refractivity contribution in [2.24, 2.45) is 0 Å². The summed E-state index contributed by atoms with van der Waals surface area (Å²) in [5, 5.41) is 10.5. The predicted molar refractivity (Wildman–Crippen MR) is 84.7 cm³/mol. The normalized spacial score (nSPS) is 12.4. The Kier molecular flexibility index (Phi) is 2.91. The molecule has 0 atom stereocenters. The molecule has 5 heteroatoms. The van der Waals surface area contributed by atoms with Gasteiger partial charge in [-0.1, -0.05) is 0 Å². The van der Waals surface area contributed by atoms with Crippen LogP contribution >= 0.6 is 11.3 Å². The first kappa shape index (κ1) is 13.0. The molecule has 108 valence electrons. The van der Waals surface area contributed by atoms with Gasteiger partial charge in [-0.05, 0) is 42.0 Å². The minimum atomic E-state index is 0.244. The number of nitriles is 1. The molecule has 1 aliphatic rings. The number of nitrogens with zero attached hydrogens (tertiary/aromatic N) is 1. The van der Waals surface area contributed by atoms with Crippen molar-refractivity contribution in [2.45, 2.75) is 0 Å². The van der Waals surface area contributed by atoms with Gasteiger partial charge in [0.15, 0.2) is 11.5 Å².